The second-order valence-corrected chi connectivity index (χ2v) is 5.47. The molecular weight excluding hydrogens is 345 g/mol. The Morgan fingerprint density at radius 3 is 2.82 bits per heavy atom. The Morgan fingerprint density at radius 2 is 2.06 bits per heavy atom. The highest BCUT2D eigenvalue weighted by Gasteiger charge is 2.04. The highest BCUT2D eigenvalue weighted by atomic mass is 79.9. The van der Waals surface area contributed by atoms with E-state index in [1.165, 1.54) is 18.1 Å². The second-order valence-electron chi connectivity index (χ2n) is 3.01. The van der Waals surface area contributed by atoms with Gasteiger partial charge in [-0.1, -0.05) is 23.2 Å². The summed E-state index contributed by atoms with van der Waals surface area (Å²) in [6, 6.07) is 5.47. The molecule has 0 aliphatic carbocycles. The molecule has 0 atom stereocenters. The van der Waals surface area contributed by atoms with Crippen molar-refractivity contribution in [2.24, 2.45) is 0 Å². The highest BCUT2D eigenvalue weighted by Crippen LogP contribution is 2.29. The van der Waals surface area contributed by atoms with Gasteiger partial charge in [0.05, 0.1) is 9.92 Å². The molecule has 0 amide bonds. The van der Waals surface area contributed by atoms with E-state index in [1.807, 2.05) is 12.1 Å². The summed E-state index contributed by atoms with van der Waals surface area (Å²) in [6.45, 7) is 0. The number of nitrogens with one attached hydrogen (secondary N) is 1. The number of nitrogens with zero attached hydrogens (tertiary/aromatic N) is 2. The van der Waals surface area contributed by atoms with Crippen LogP contribution in [0.3, 0.4) is 0 Å². The van der Waals surface area contributed by atoms with Crippen molar-refractivity contribution in [1.82, 2.24) is 9.97 Å². The topological polar surface area (TPSA) is 37.8 Å². The molecule has 3 nitrogen and oxygen atoms in total. The van der Waals surface area contributed by atoms with E-state index in [2.05, 4.69) is 30.6 Å². The third-order valence-corrected chi connectivity index (χ3v) is 3.70. The monoisotopic (exact) mass is 349 g/mol. The maximum Gasteiger partial charge on any atom is 0.144 e. The summed E-state index contributed by atoms with van der Waals surface area (Å²) in [5, 5.41) is 0.967. The van der Waals surface area contributed by atoms with Gasteiger partial charge in [-0.05, 0) is 46.1 Å². The molecule has 0 bridgehead atoms. The van der Waals surface area contributed by atoms with Gasteiger partial charge in [0, 0.05) is 18.1 Å². The summed E-state index contributed by atoms with van der Waals surface area (Å²) < 4.78 is 3.90. The highest BCUT2D eigenvalue weighted by molar-refractivity contribution is 9.10. The SMILES string of the molecule is Clc1cnc(Cl)c(SNc2ccnc(Br)c2)c1. The molecule has 2 rings (SSSR count). The van der Waals surface area contributed by atoms with Gasteiger partial charge in [-0.15, -0.1) is 0 Å². The zero-order valence-electron chi connectivity index (χ0n) is 8.32. The fourth-order valence-corrected chi connectivity index (χ4v) is 2.54. The van der Waals surface area contributed by atoms with E-state index < -0.39 is 0 Å². The zero-order valence-corrected chi connectivity index (χ0v) is 12.2. The summed E-state index contributed by atoms with van der Waals surface area (Å²) in [5.74, 6) is 0. The Bertz CT molecular complexity index is 539. The lowest BCUT2D eigenvalue weighted by Gasteiger charge is -2.06. The Balaban J connectivity index is 2.09. The van der Waals surface area contributed by atoms with Crippen LogP contribution in [0.4, 0.5) is 5.69 Å². The van der Waals surface area contributed by atoms with Crippen LogP contribution < -0.4 is 4.72 Å². The van der Waals surface area contributed by atoms with Crippen LogP contribution in [0.1, 0.15) is 0 Å². The fraction of sp³-hybridized carbons (Fsp3) is 0. The largest absolute Gasteiger partial charge is 0.325 e. The zero-order chi connectivity index (χ0) is 12.3. The van der Waals surface area contributed by atoms with Crippen molar-refractivity contribution in [2.45, 2.75) is 4.90 Å². The van der Waals surface area contributed by atoms with E-state index in [9.17, 15) is 0 Å². The molecule has 0 saturated heterocycles. The second kappa shape index (κ2) is 5.91. The maximum absolute atomic E-state index is 5.94. The minimum atomic E-state index is 0.417. The number of anilines is 1. The molecule has 17 heavy (non-hydrogen) atoms. The van der Waals surface area contributed by atoms with Gasteiger partial charge in [0.25, 0.3) is 0 Å². The number of halogens is 3. The Morgan fingerprint density at radius 1 is 1.24 bits per heavy atom. The van der Waals surface area contributed by atoms with Crippen LogP contribution >= 0.6 is 51.1 Å². The Kier molecular flexibility index (Phi) is 4.50. The average molecular weight is 351 g/mol. The minimum absolute atomic E-state index is 0.417. The first kappa shape index (κ1) is 13.0. The molecule has 88 valence electrons. The number of hydrogen-bond acceptors (Lipinski definition) is 4. The van der Waals surface area contributed by atoms with Gasteiger partial charge in [0.15, 0.2) is 0 Å². The first-order chi connectivity index (χ1) is 8.15. The maximum atomic E-state index is 5.94. The molecule has 2 aromatic rings. The summed E-state index contributed by atoms with van der Waals surface area (Å²) in [7, 11) is 0. The molecule has 7 heteroatoms. The van der Waals surface area contributed by atoms with E-state index in [-0.39, 0.29) is 0 Å². The molecule has 0 saturated carbocycles. The lowest BCUT2D eigenvalue weighted by Crippen LogP contribution is -1.89. The molecule has 0 radical (unpaired) electrons. The van der Waals surface area contributed by atoms with Crippen molar-refractivity contribution in [3.05, 3.63) is 45.4 Å². The Labute approximate surface area is 121 Å². The number of rotatable bonds is 3. The normalized spacial score (nSPS) is 10.3. The predicted octanol–water partition coefficient (Wildman–Crippen LogP) is 4.67. The van der Waals surface area contributed by atoms with Crippen LogP contribution in [0.2, 0.25) is 10.2 Å². The summed E-state index contributed by atoms with van der Waals surface area (Å²) in [4.78, 5) is 8.76. The standard InChI is InChI=1S/C10H6BrCl2N3S/c11-9-4-7(1-2-14-9)16-17-8-3-6(12)5-15-10(8)13/h1-5H,(H,14,16). The fourth-order valence-electron chi connectivity index (χ4n) is 1.06. The van der Waals surface area contributed by atoms with Crippen LogP contribution in [0, 0.1) is 0 Å². The van der Waals surface area contributed by atoms with Crippen molar-refractivity contribution in [1.29, 1.82) is 0 Å². The van der Waals surface area contributed by atoms with E-state index in [1.54, 1.807) is 12.3 Å². The van der Waals surface area contributed by atoms with Gasteiger partial charge in [0.1, 0.15) is 9.76 Å². The van der Waals surface area contributed by atoms with Gasteiger partial charge in [0.2, 0.25) is 0 Å². The molecule has 0 aliphatic rings. The lowest BCUT2D eigenvalue weighted by atomic mass is 10.4. The third-order valence-electron chi connectivity index (χ3n) is 1.78. The summed E-state index contributed by atoms with van der Waals surface area (Å²) in [5.41, 5.74) is 0.910. The molecule has 0 unspecified atom stereocenters. The van der Waals surface area contributed by atoms with Gasteiger partial charge >= 0.3 is 0 Å². The van der Waals surface area contributed by atoms with Crippen molar-refractivity contribution in [3.63, 3.8) is 0 Å². The molecule has 0 aromatic carbocycles. The summed E-state index contributed by atoms with van der Waals surface area (Å²) in [6.07, 6.45) is 3.21. The predicted molar refractivity (Wildman–Crippen MR) is 75.7 cm³/mol. The summed E-state index contributed by atoms with van der Waals surface area (Å²) >= 11 is 16.4. The van der Waals surface area contributed by atoms with E-state index in [0.29, 0.717) is 10.2 Å². The number of pyridine rings is 2. The van der Waals surface area contributed by atoms with Crippen molar-refractivity contribution >= 4 is 56.8 Å². The molecular formula is C10H6BrCl2N3S. The smallest absolute Gasteiger partial charge is 0.144 e. The molecule has 2 aromatic heterocycles. The van der Waals surface area contributed by atoms with Crippen LogP contribution in [0.5, 0.6) is 0 Å². The molecule has 0 aliphatic heterocycles. The first-order valence-corrected chi connectivity index (χ1v) is 6.87. The van der Waals surface area contributed by atoms with E-state index >= 15 is 0 Å². The van der Waals surface area contributed by atoms with Gasteiger partial charge in [-0.2, -0.15) is 0 Å². The van der Waals surface area contributed by atoms with Crippen LogP contribution in [-0.2, 0) is 0 Å². The van der Waals surface area contributed by atoms with Gasteiger partial charge < -0.3 is 4.72 Å². The first-order valence-electron chi connectivity index (χ1n) is 4.50. The van der Waals surface area contributed by atoms with Crippen molar-refractivity contribution in [2.75, 3.05) is 4.72 Å². The molecule has 0 spiro atoms. The van der Waals surface area contributed by atoms with Gasteiger partial charge in [-0.25, -0.2) is 9.97 Å². The third kappa shape index (κ3) is 3.74. The van der Waals surface area contributed by atoms with Crippen LogP contribution in [-0.4, -0.2) is 9.97 Å². The van der Waals surface area contributed by atoms with Crippen LogP contribution in [0.25, 0.3) is 0 Å². The average Bonchev–Trinajstić information content (AvgIpc) is 2.30. The van der Waals surface area contributed by atoms with Gasteiger partial charge in [-0.3, -0.25) is 0 Å². The molecule has 2 heterocycles. The van der Waals surface area contributed by atoms with Crippen molar-refractivity contribution < 1.29 is 0 Å². The quantitative estimate of drug-likeness (QED) is 0.645. The van der Waals surface area contributed by atoms with E-state index in [0.717, 1.165) is 15.2 Å². The molecule has 0 fully saturated rings. The Hall–Kier alpha value is -0.490. The van der Waals surface area contributed by atoms with Crippen LogP contribution in [0.15, 0.2) is 40.1 Å². The number of hydrogen-bond donors (Lipinski definition) is 1. The minimum Gasteiger partial charge on any atom is -0.325 e. The van der Waals surface area contributed by atoms with Crippen molar-refractivity contribution in [3.8, 4) is 0 Å². The molecule has 1 N–H and O–H groups in total. The lowest BCUT2D eigenvalue weighted by molar-refractivity contribution is 1.24. The number of aromatic nitrogens is 2. The van der Waals surface area contributed by atoms with E-state index in [4.69, 9.17) is 23.2 Å².